The van der Waals surface area contributed by atoms with E-state index < -0.39 is 11.0 Å². The van der Waals surface area contributed by atoms with Crippen LogP contribution in [0.25, 0.3) is 0 Å². The van der Waals surface area contributed by atoms with Crippen LogP contribution in [0.4, 0.5) is 0 Å². The Bertz CT molecular complexity index is 293. The second kappa shape index (κ2) is 4.33. The standard InChI is InChI=1S/C12H19NO3/c1-2-10-7-12(14,4-6-16-10)11(8-13)3-5-15-9-11/h10,14H,2-7,9H2,1H3. The van der Waals surface area contributed by atoms with Gasteiger partial charge in [-0.3, -0.25) is 0 Å². The lowest BCUT2D eigenvalue weighted by molar-refractivity contribution is -0.152. The number of rotatable bonds is 2. The molecule has 0 amide bonds. The van der Waals surface area contributed by atoms with E-state index in [4.69, 9.17) is 9.47 Å². The molecule has 2 rings (SSSR count). The van der Waals surface area contributed by atoms with Crippen molar-refractivity contribution in [2.24, 2.45) is 5.41 Å². The lowest BCUT2D eigenvalue weighted by Gasteiger charge is -2.44. The molecule has 0 spiro atoms. The van der Waals surface area contributed by atoms with Gasteiger partial charge >= 0.3 is 0 Å². The Morgan fingerprint density at radius 1 is 1.44 bits per heavy atom. The zero-order chi connectivity index (χ0) is 11.6. The fourth-order valence-corrected chi connectivity index (χ4v) is 2.75. The summed E-state index contributed by atoms with van der Waals surface area (Å²) in [7, 11) is 0. The molecule has 2 saturated heterocycles. The van der Waals surface area contributed by atoms with E-state index in [1.807, 2.05) is 6.92 Å². The minimum absolute atomic E-state index is 0.0737. The molecular weight excluding hydrogens is 206 g/mol. The summed E-state index contributed by atoms with van der Waals surface area (Å²) >= 11 is 0. The topological polar surface area (TPSA) is 62.5 Å². The highest BCUT2D eigenvalue weighted by atomic mass is 16.5. The van der Waals surface area contributed by atoms with Crippen LogP contribution in [0.3, 0.4) is 0 Å². The summed E-state index contributed by atoms with van der Waals surface area (Å²) in [5.74, 6) is 0. The van der Waals surface area contributed by atoms with Crippen LogP contribution in [0.1, 0.15) is 32.6 Å². The summed E-state index contributed by atoms with van der Waals surface area (Å²) in [6, 6.07) is 2.30. The van der Waals surface area contributed by atoms with Gasteiger partial charge in [0.05, 0.1) is 24.4 Å². The van der Waals surface area contributed by atoms with Gasteiger partial charge in [-0.25, -0.2) is 0 Å². The maximum Gasteiger partial charge on any atom is 0.112 e. The number of hydrogen-bond donors (Lipinski definition) is 1. The fourth-order valence-electron chi connectivity index (χ4n) is 2.75. The summed E-state index contributed by atoms with van der Waals surface area (Å²) in [6.07, 6.45) is 2.69. The van der Waals surface area contributed by atoms with Crippen molar-refractivity contribution in [2.45, 2.75) is 44.3 Å². The molecule has 3 atom stereocenters. The van der Waals surface area contributed by atoms with Gasteiger partial charge in [-0.1, -0.05) is 6.92 Å². The molecule has 4 nitrogen and oxygen atoms in total. The van der Waals surface area contributed by atoms with Crippen molar-refractivity contribution in [2.75, 3.05) is 19.8 Å². The highest BCUT2D eigenvalue weighted by Crippen LogP contribution is 2.46. The molecule has 0 radical (unpaired) electrons. The highest BCUT2D eigenvalue weighted by Gasteiger charge is 2.55. The van der Waals surface area contributed by atoms with Crippen LogP contribution in [-0.4, -0.2) is 36.6 Å². The predicted octanol–water partition coefficient (Wildman–Crippen LogP) is 1.24. The Balaban J connectivity index is 2.19. The molecule has 4 heteroatoms. The van der Waals surface area contributed by atoms with Crippen molar-refractivity contribution >= 4 is 0 Å². The molecule has 0 aliphatic carbocycles. The largest absolute Gasteiger partial charge is 0.388 e. The van der Waals surface area contributed by atoms with Gasteiger partial charge in [0.1, 0.15) is 5.41 Å². The molecule has 0 saturated carbocycles. The molecule has 1 N–H and O–H groups in total. The van der Waals surface area contributed by atoms with Gasteiger partial charge in [-0.2, -0.15) is 5.26 Å². The van der Waals surface area contributed by atoms with Crippen LogP contribution >= 0.6 is 0 Å². The summed E-state index contributed by atoms with van der Waals surface area (Å²) in [6.45, 7) is 3.52. The fraction of sp³-hybridized carbons (Fsp3) is 0.917. The minimum atomic E-state index is -0.933. The number of ether oxygens (including phenoxy) is 2. The van der Waals surface area contributed by atoms with Gasteiger partial charge in [0.15, 0.2) is 0 Å². The molecule has 2 aliphatic heterocycles. The van der Waals surface area contributed by atoms with E-state index in [0.717, 1.165) is 6.42 Å². The van der Waals surface area contributed by atoms with Gasteiger partial charge < -0.3 is 14.6 Å². The molecule has 0 aromatic carbocycles. The van der Waals surface area contributed by atoms with Crippen LogP contribution in [0, 0.1) is 16.7 Å². The first-order valence-electron chi connectivity index (χ1n) is 5.99. The van der Waals surface area contributed by atoms with E-state index in [9.17, 15) is 10.4 Å². The minimum Gasteiger partial charge on any atom is -0.388 e. The van der Waals surface area contributed by atoms with Gasteiger partial charge in [-0.05, 0) is 12.8 Å². The summed E-state index contributed by atoms with van der Waals surface area (Å²) in [5, 5.41) is 20.1. The maximum atomic E-state index is 10.7. The van der Waals surface area contributed by atoms with Crippen LogP contribution in [-0.2, 0) is 9.47 Å². The first-order chi connectivity index (χ1) is 7.66. The zero-order valence-corrected chi connectivity index (χ0v) is 9.74. The molecule has 2 heterocycles. The lowest BCUT2D eigenvalue weighted by Crippen LogP contribution is -2.53. The third kappa shape index (κ3) is 1.73. The van der Waals surface area contributed by atoms with Gasteiger partial charge in [0, 0.05) is 26.1 Å². The number of aliphatic hydroxyl groups is 1. The lowest BCUT2D eigenvalue weighted by atomic mass is 9.67. The number of hydrogen-bond acceptors (Lipinski definition) is 4. The van der Waals surface area contributed by atoms with Crippen molar-refractivity contribution in [1.82, 2.24) is 0 Å². The Morgan fingerprint density at radius 2 is 2.25 bits per heavy atom. The molecule has 2 fully saturated rings. The zero-order valence-electron chi connectivity index (χ0n) is 9.74. The van der Waals surface area contributed by atoms with Crippen molar-refractivity contribution in [3.05, 3.63) is 0 Å². The smallest absolute Gasteiger partial charge is 0.112 e. The monoisotopic (exact) mass is 225 g/mol. The Kier molecular flexibility index (Phi) is 3.20. The van der Waals surface area contributed by atoms with Crippen LogP contribution in [0.5, 0.6) is 0 Å². The molecule has 16 heavy (non-hydrogen) atoms. The summed E-state index contributed by atoms with van der Waals surface area (Å²) in [4.78, 5) is 0. The quantitative estimate of drug-likeness (QED) is 0.768. The Morgan fingerprint density at radius 3 is 2.81 bits per heavy atom. The molecule has 2 aliphatic rings. The third-order valence-corrected chi connectivity index (χ3v) is 4.02. The first-order valence-corrected chi connectivity index (χ1v) is 5.99. The van der Waals surface area contributed by atoms with E-state index in [0.29, 0.717) is 39.1 Å². The van der Waals surface area contributed by atoms with E-state index in [1.165, 1.54) is 0 Å². The van der Waals surface area contributed by atoms with Crippen molar-refractivity contribution < 1.29 is 14.6 Å². The van der Waals surface area contributed by atoms with Gasteiger partial charge in [0.25, 0.3) is 0 Å². The number of nitriles is 1. The van der Waals surface area contributed by atoms with E-state index in [-0.39, 0.29) is 6.10 Å². The SMILES string of the molecule is CCC1CC(O)(C2(C#N)CCOC2)CCO1. The predicted molar refractivity (Wildman–Crippen MR) is 57.7 cm³/mol. The van der Waals surface area contributed by atoms with Crippen LogP contribution in [0.2, 0.25) is 0 Å². The summed E-state index contributed by atoms with van der Waals surface area (Å²) < 4.78 is 10.9. The van der Waals surface area contributed by atoms with Crippen molar-refractivity contribution in [3.63, 3.8) is 0 Å². The number of nitrogens with zero attached hydrogens (tertiary/aromatic N) is 1. The molecule has 90 valence electrons. The molecule has 3 unspecified atom stereocenters. The summed E-state index contributed by atoms with van der Waals surface area (Å²) in [5.41, 5.74) is -1.65. The second-order valence-electron chi connectivity index (χ2n) is 4.88. The average molecular weight is 225 g/mol. The van der Waals surface area contributed by atoms with Crippen LogP contribution < -0.4 is 0 Å². The van der Waals surface area contributed by atoms with E-state index in [2.05, 4.69) is 6.07 Å². The maximum absolute atomic E-state index is 10.7. The molecule has 0 aromatic heterocycles. The average Bonchev–Trinajstić information content (AvgIpc) is 2.79. The van der Waals surface area contributed by atoms with Gasteiger partial charge in [-0.15, -0.1) is 0 Å². The second-order valence-corrected chi connectivity index (χ2v) is 4.88. The van der Waals surface area contributed by atoms with Crippen LogP contribution in [0.15, 0.2) is 0 Å². The Labute approximate surface area is 96.2 Å². The molecule has 0 aromatic rings. The van der Waals surface area contributed by atoms with E-state index >= 15 is 0 Å². The molecular formula is C12H19NO3. The highest BCUT2D eigenvalue weighted by molar-refractivity contribution is 5.14. The van der Waals surface area contributed by atoms with Crippen molar-refractivity contribution in [3.8, 4) is 6.07 Å². The van der Waals surface area contributed by atoms with E-state index in [1.54, 1.807) is 0 Å². The Hall–Kier alpha value is -0.630. The normalized spacial score (nSPS) is 44.2. The third-order valence-electron chi connectivity index (χ3n) is 4.02. The molecule has 0 bridgehead atoms. The van der Waals surface area contributed by atoms with Gasteiger partial charge in [0.2, 0.25) is 0 Å². The first kappa shape index (κ1) is 11.8. The van der Waals surface area contributed by atoms with Crippen molar-refractivity contribution in [1.29, 1.82) is 5.26 Å².